The Morgan fingerprint density at radius 2 is 1.90 bits per heavy atom. The molecule has 3 rings (SSSR count). The lowest BCUT2D eigenvalue weighted by Gasteiger charge is -2.05. The summed E-state index contributed by atoms with van der Waals surface area (Å²) in [5.74, 6) is -0.211. The quantitative estimate of drug-likeness (QED) is 0.764. The Hall–Kier alpha value is -2.95. The number of aromatic amines is 1. The van der Waals surface area contributed by atoms with Crippen molar-refractivity contribution < 1.29 is 4.79 Å². The van der Waals surface area contributed by atoms with Crippen LogP contribution in [0.2, 0.25) is 0 Å². The number of pyridine rings is 1. The zero-order chi connectivity index (χ0) is 13.8. The topological polar surface area (TPSA) is 70.7 Å². The van der Waals surface area contributed by atoms with Gasteiger partial charge in [0.1, 0.15) is 0 Å². The molecule has 0 aliphatic carbocycles. The normalized spacial score (nSPS) is 10.2. The first-order chi connectivity index (χ1) is 9.84. The predicted octanol–water partition coefficient (Wildman–Crippen LogP) is 2.72. The third-order valence-electron chi connectivity index (χ3n) is 2.87. The molecular weight excluding hydrogens is 252 g/mol. The zero-order valence-corrected chi connectivity index (χ0v) is 10.6. The van der Waals surface area contributed by atoms with Crippen molar-refractivity contribution >= 4 is 11.6 Å². The predicted molar refractivity (Wildman–Crippen MR) is 76.2 cm³/mol. The molecule has 0 fully saturated rings. The number of anilines is 1. The molecular formula is C15H12N4O. The molecule has 0 spiro atoms. The van der Waals surface area contributed by atoms with E-state index in [0.29, 0.717) is 11.3 Å². The highest BCUT2D eigenvalue weighted by molar-refractivity contribution is 6.05. The molecule has 0 aliphatic heterocycles. The van der Waals surface area contributed by atoms with E-state index < -0.39 is 0 Å². The molecule has 0 bridgehead atoms. The van der Waals surface area contributed by atoms with Crippen molar-refractivity contribution in [2.24, 2.45) is 0 Å². The minimum absolute atomic E-state index is 0.211. The molecule has 1 aromatic carbocycles. The Morgan fingerprint density at radius 1 is 1.05 bits per heavy atom. The van der Waals surface area contributed by atoms with E-state index in [2.05, 4.69) is 20.5 Å². The molecule has 20 heavy (non-hydrogen) atoms. The molecule has 5 nitrogen and oxygen atoms in total. The SMILES string of the molecule is O=C(Nc1cn[nH]c1-c1ccccc1)c1cccnc1. The summed E-state index contributed by atoms with van der Waals surface area (Å²) in [7, 11) is 0. The second-order valence-electron chi connectivity index (χ2n) is 4.22. The summed E-state index contributed by atoms with van der Waals surface area (Å²) >= 11 is 0. The molecule has 0 aliphatic rings. The minimum atomic E-state index is -0.211. The van der Waals surface area contributed by atoms with Gasteiger partial charge in [-0.2, -0.15) is 5.10 Å². The van der Waals surface area contributed by atoms with E-state index in [-0.39, 0.29) is 5.91 Å². The van der Waals surface area contributed by atoms with Gasteiger partial charge in [0, 0.05) is 18.0 Å². The highest BCUT2D eigenvalue weighted by atomic mass is 16.1. The monoisotopic (exact) mass is 264 g/mol. The summed E-state index contributed by atoms with van der Waals surface area (Å²) in [5.41, 5.74) is 2.90. The van der Waals surface area contributed by atoms with Crippen molar-refractivity contribution in [2.45, 2.75) is 0 Å². The molecule has 98 valence electrons. The first-order valence-corrected chi connectivity index (χ1v) is 6.15. The highest BCUT2D eigenvalue weighted by Crippen LogP contribution is 2.25. The summed E-state index contributed by atoms with van der Waals surface area (Å²) in [6.07, 6.45) is 4.75. The fraction of sp³-hybridized carbons (Fsp3) is 0. The molecule has 0 atom stereocenters. The molecule has 1 amide bonds. The average molecular weight is 264 g/mol. The van der Waals surface area contributed by atoms with Crippen LogP contribution in [0.1, 0.15) is 10.4 Å². The number of hydrogen-bond donors (Lipinski definition) is 2. The number of nitrogens with zero attached hydrogens (tertiary/aromatic N) is 2. The van der Waals surface area contributed by atoms with E-state index in [1.165, 1.54) is 6.20 Å². The molecule has 0 unspecified atom stereocenters. The number of aromatic nitrogens is 3. The van der Waals surface area contributed by atoms with E-state index in [9.17, 15) is 4.79 Å². The largest absolute Gasteiger partial charge is 0.319 e. The maximum atomic E-state index is 12.1. The molecule has 0 radical (unpaired) electrons. The van der Waals surface area contributed by atoms with Gasteiger partial charge in [-0.15, -0.1) is 0 Å². The van der Waals surface area contributed by atoms with Gasteiger partial charge in [-0.25, -0.2) is 0 Å². The van der Waals surface area contributed by atoms with Gasteiger partial charge >= 0.3 is 0 Å². The van der Waals surface area contributed by atoms with E-state index >= 15 is 0 Å². The zero-order valence-electron chi connectivity index (χ0n) is 10.6. The van der Waals surface area contributed by atoms with Crippen LogP contribution in [-0.4, -0.2) is 21.1 Å². The van der Waals surface area contributed by atoms with Gasteiger partial charge in [-0.05, 0) is 12.1 Å². The average Bonchev–Trinajstić information content (AvgIpc) is 2.97. The van der Waals surface area contributed by atoms with Crippen molar-refractivity contribution in [3.8, 4) is 11.3 Å². The molecule has 2 aromatic heterocycles. The fourth-order valence-corrected chi connectivity index (χ4v) is 1.90. The smallest absolute Gasteiger partial charge is 0.257 e. The van der Waals surface area contributed by atoms with Gasteiger partial charge in [0.25, 0.3) is 5.91 Å². The van der Waals surface area contributed by atoms with E-state index in [4.69, 9.17) is 0 Å². The second-order valence-corrected chi connectivity index (χ2v) is 4.22. The third kappa shape index (κ3) is 2.42. The first-order valence-electron chi connectivity index (χ1n) is 6.15. The van der Waals surface area contributed by atoms with Gasteiger partial charge in [-0.3, -0.25) is 14.9 Å². The maximum absolute atomic E-state index is 12.1. The summed E-state index contributed by atoms with van der Waals surface area (Å²) in [4.78, 5) is 16.0. The summed E-state index contributed by atoms with van der Waals surface area (Å²) in [5, 5.41) is 9.72. The van der Waals surface area contributed by atoms with Crippen molar-refractivity contribution in [2.75, 3.05) is 5.32 Å². The number of hydrogen-bond acceptors (Lipinski definition) is 3. The first kappa shape index (κ1) is 12.1. The van der Waals surface area contributed by atoms with Gasteiger partial charge < -0.3 is 5.32 Å². The van der Waals surface area contributed by atoms with Crippen LogP contribution in [0.15, 0.2) is 61.1 Å². The third-order valence-corrected chi connectivity index (χ3v) is 2.87. The van der Waals surface area contributed by atoms with Crippen LogP contribution >= 0.6 is 0 Å². The van der Waals surface area contributed by atoms with Gasteiger partial charge in [0.2, 0.25) is 0 Å². The number of carbonyl (C=O) groups excluding carboxylic acids is 1. The molecule has 2 heterocycles. The van der Waals surface area contributed by atoms with Crippen LogP contribution < -0.4 is 5.32 Å². The van der Waals surface area contributed by atoms with E-state index in [1.54, 1.807) is 24.5 Å². The summed E-state index contributed by atoms with van der Waals surface area (Å²) < 4.78 is 0. The Bertz CT molecular complexity index is 707. The van der Waals surface area contributed by atoms with Crippen LogP contribution in [0.4, 0.5) is 5.69 Å². The van der Waals surface area contributed by atoms with Gasteiger partial charge in [0.15, 0.2) is 0 Å². The maximum Gasteiger partial charge on any atom is 0.257 e. The second kappa shape index (κ2) is 5.36. The Labute approximate surface area is 115 Å². The van der Waals surface area contributed by atoms with Crippen LogP contribution in [0.25, 0.3) is 11.3 Å². The molecule has 5 heteroatoms. The number of carbonyl (C=O) groups is 1. The van der Waals surface area contributed by atoms with Crippen molar-refractivity contribution in [3.05, 3.63) is 66.6 Å². The number of amides is 1. The molecule has 0 saturated carbocycles. The number of nitrogens with one attached hydrogen (secondary N) is 2. The van der Waals surface area contributed by atoms with Gasteiger partial charge in [0.05, 0.1) is 23.1 Å². The van der Waals surface area contributed by atoms with Crippen LogP contribution in [0.5, 0.6) is 0 Å². The van der Waals surface area contributed by atoms with Crippen LogP contribution in [0, 0.1) is 0 Å². The fourth-order valence-electron chi connectivity index (χ4n) is 1.90. The van der Waals surface area contributed by atoms with Crippen LogP contribution in [0.3, 0.4) is 0 Å². The molecule has 3 aromatic rings. The standard InChI is InChI=1S/C15H12N4O/c20-15(12-7-4-8-16-9-12)18-13-10-17-19-14(13)11-5-2-1-3-6-11/h1-10H,(H,17,19)(H,18,20). The van der Waals surface area contributed by atoms with Crippen molar-refractivity contribution in [1.29, 1.82) is 0 Å². The minimum Gasteiger partial charge on any atom is -0.319 e. The van der Waals surface area contributed by atoms with Crippen molar-refractivity contribution in [1.82, 2.24) is 15.2 Å². The number of rotatable bonds is 3. The summed E-state index contributed by atoms with van der Waals surface area (Å²) in [6.45, 7) is 0. The molecule has 0 saturated heterocycles. The number of H-pyrrole nitrogens is 1. The van der Waals surface area contributed by atoms with E-state index in [1.807, 2.05) is 30.3 Å². The lowest BCUT2D eigenvalue weighted by atomic mass is 10.1. The summed E-state index contributed by atoms with van der Waals surface area (Å²) in [6, 6.07) is 13.1. The Morgan fingerprint density at radius 3 is 2.65 bits per heavy atom. The van der Waals surface area contributed by atoms with Crippen LogP contribution in [-0.2, 0) is 0 Å². The molecule has 2 N–H and O–H groups in total. The highest BCUT2D eigenvalue weighted by Gasteiger charge is 2.11. The van der Waals surface area contributed by atoms with Crippen molar-refractivity contribution in [3.63, 3.8) is 0 Å². The van der Waals surface area contributed by atoms with Gasteiger partial charge in [-0.1, -0.05) is 30.3 Å². The number of benzene rings is 1. The lowest BCUT2D eigenvalue weighted by Crippen LogP contribution is -2.12. The lowest BCUT2D eigenvalue weighted by molar-refractivity contribution is 0.102. The Kier molecular flexibility index (Phi) is 3.24. The Balaban J connectivity index is 1.86. The van der Waals surface area contributed by atoms with E-state index in [0.717, 1.165) is 11.3 Å².